The molecule has 0 N–H and O–H groups in total. The fourth-order valence-electron chi connectivity index (χ4n) is 2.32. The van der Waals surface area contributed by atoms with Crippen molar-refractivity contribution in [2.24, 2.45) is 0 Å². The minimum Gasteiger partial charge on any atom is -0.422 e. The second kappa shape index (κ2) is 6.09. The lowest BCUT2D eigenvalue weighted by Crippen LogP contribution is -2.49. The van der Waals surface area contributed by atoms with Crippen LogP contribution in [-0.2, 0) is 9.53 Å². The van der Waals surface area contributed by atoms with Gasteiger partial charge in [0.05, 0.1) is 0 Å². The third-order valence-corrected chi connectivity index (χ3v) is 3.49. The van der Waals surface area contributed by atoms with E-state index in [4.69, 9.17) is 9.15 Å². The lowest BCUT2D eigenvalue weighted by atomic mass is 10.3. The maximum Gasteiger partial charge on any atom is 0.300 e. The Kier molecular flexibility index (Phi) is 4.01. The summed E-state index contributed by atoms with van der Waals surface area (Å²) < 4.78 is 10.8. The topological polar surface area (TPSA) is 71.7 Å². The molecule has 0 aromatic carbocycles. The van der Waals surface area contributed by atoms with Crippen LogP contribution in [0.25, 0.3) is 11.2 Å². The third kappa shape index (κ3) is 2.97. The number of piperazine rings is 1. The molecule has 1 amide bonds. The fraction of sp³-hybridized carbons (Fsp3) is 0.500. The summed E-state index contributed by atoms with van der Waals surface area (Å²) in [7, 11) is 0. The second-order valence-corrected chi connectivity index (χ2v) is 4.83. The summed E-state index contributed by atoms with van der Waals surface area (Å²) in [5.74, 6) is 0.0377. The number of oxazole rings is 1. The lowest BCUT2D eigenvalue weighted by Gasteiger charge is -2.33. The zero-order valence-electron chi connectivity index (χ0n) is 12.0. The van der Waals surface area contributed by atoms with Crippen molar-refractivity contribution >= 4 is 23.2 Å². The highest BCUT2D eigenvalue weighted by molar-refractivity contribution is 5.77. The average molecular weight is 290 g/mol. The normalized spacial score (nSPS) is 15.7. The van der Waals surface area contributed by atoms with Crippen LogP contribution in [0, 0.1) is 0 Å². The third-order valence-electron chi connectivity index (χ3n) is 3.49. The molecule has 0 saturated carbocycles. The summed E-state index contributed by atoms with van der Waals surface area (Å²) >= 11 is 0. The highest BCUT2D eigenvalue weighted by Crippen LogP contribution is 2.21. The maximum absolute atomic E-state index is 11.9. The van der Waals surface area contributed by atoms with Crippen LogP contribution in [0.15, 0.2) is 22.7 Å². The highest BCUT2D eigenvalue weighted by atomic mass is 16.5. The Labute approximate surface area is 122 Å². The van der Waals surface area contributed by atoms with Gasteiger partial charge in [0.1, 0.15) is 6.61 Å². The van der Waals surface area contributed by atoms with Crippen molar-refractivity contribution in [2.45, 2.75) is 6.92 Å². The molecule has 0 spiro atoms. The molecule has 2 aromatic heterocycles. The number of hydrogen-bond donors (Lipinski definition) is 0. The van der Waals surface area contributed by atoms with E-state index >= 15 is 0 Å². The predicted octanol–water partition coefficient (Wildman–Crippen LogP) is 0.908. The quantitative estimate of drug-likeness (QED) is 0.833. The van der Waals surface area contributed by atoms with E-state index in [1.165, 1.54) is 0 Å². The van der Waals surface area contributed by atoms with Gasteiger partial charge < -0.3 is 19.0 Å². The second-order valence-electron chi connectivity index (χ2n) is 4.83. The summed E-state index contributed by atoms with van der Waals surface area (Å²) in [4.78, 5) is 24.3. The number of anilines is 1. The minimum absolute atomic E-state index is 0.0377. The first kappa shape index (κ1) is 13.8. The van der Waals surface area contributed by atoms with Gasteiger partial charge in [-0.05, 0) is 19.1 Å². The summed E-state index contributed by atoms with van der Waals surface area (Å²) in [6, 6.07) is 4.24. The molecule has 0 bridgehead atoms. The molecule has 0 radical (unpaired) electrons. The molecule has 1 aliphatic heterocycles. The Balaban J connectivity index is 1.61. The molecule has 3 rings (SSSR count). The lowest BCUT2D eigenvalue weighted by molar-refractivity contribution is -0.136. The van der Waals surface area contributed by atoms with E-state index in [2.05, 4.69) is 9.97 Å². The van der Waals surface area contributed by atoms with Gasteiger partial charge in [0, 0.05) is 39.0 Å². The highest BCUT2D eigenvalue weighted by Gasteiger charge is 2.24. The van der Waals surface area contributed by atoms with Crippen molar-refractivity contribution in [1.29, 1.82) is 0 Å². The molecule has 2 aromatic rings. The van der Waals surface area contributed by atoms with Crippen molar-refractivity contribution < 1.29 is 13.9 Å². The van der Waals surface area contributed by atoms with Gasteiger partial charge >= 0.3 is 0 Å². The number of ether oxygens (including phenoxy) is 1. The van der Waals surface area contributed by atoms with Gasteiger partial charge in [0.25, 0.3) is 6.01 Å². The summed E-state index contributed by atoms with van der Waals surface area (Å²) in [5, 5.41) is 0. The zero-order chi connectivity index (χ0) is 14.7. The molecule has 21 heavy (non-hydrogen) atoms. The minimum atomic E-state index is 0.0377. The predicted molar refractivity (Wildman–Crippen MR) is 77.1 cm³/mol. The number of carbonyl (C=O) groups is 1. The number of aromatic nitrogens is 2. The summed E-state index contributed by atoms with van der Waals surface area (Å²) in [5.41, 5.74) is 1.30. The van der Waals surface area contributed by atoms with Gasteiger partial charge in [-0.3, -0.25) is 4.79 Å². The number of pyridine rings is 1. The van der Waals surface area contributed by atoms with Crippen LogP contribution in [0.4, 0.5) is 6.01 Å². The summed E-state index contributed by atoms with van der Waals surface area (Å²) in [6.45, 7) is 5.29. The molecular formula is C14H18N4O3. The Hall–Kier alpha value is -2.15. The van der Waals surface area contributed by atoms with Gasteiger partial charge in [-0.15, -0.1) is 0 Å². The molecule has 7 nitrogen and oxygen atoms in total. The van der Waals surface area contributed by atoms with E-state index in [0.29, 0.717) is 50.0 Å². The first-order valence-corrected chi connectivity index (χ1v) is 7.10. The number of fused-ring (bicyclic) bond motifs is 1. The molecule has 1 fully saturated rings. The molecule has 112 valence electrons. The number of rotatable bonds is 4. The summed E-state index contributed by atoms with van der Waals surface area (Å²) in [6.07, 6.45) is 1.69. The SMILES string of the molecule is CCOCC(=O)N1CCN(c2nc3ncccc3o2)CC1. The standard InChI is InChI=1S/C14H18N4O3/c1-2-20-10-12(19)17-6-8-18(9-7-17)14-16-13-11(21-14)4-3-5-15-13/h3-5H,2,6-10H2,1H3. The maximum atomic E-state index is 11.9. The van der Waals surface area contributed by atoms with E-state index in [-0.39, 0.29) is 12.5 Å². The fourth-order valence-corrected chi connectivity index (χ4v) is 2.32. The number of nitrogens with zero attached hydrogens (tertiary/aromatic N) is 4. The molecule has 7 heteroatoms. The molecule has 0 aliphatic carbocycles. The Morgan fingerprint density at radius 3 is 2.90 bits per heavy atom. The van der Waals surface area contributed by atoms with Crippen LogP contribution >= 0.6 is 0 Å². The van der Waals surface area contributed by atoms with Crippen molar-refractivity contribution in [3.05, 3.63) is 18.3 Å². The van der Waals surface area contributed by atoms with Crippen LogP contribution in [0.3, 0.4) is 0 Å². The van der Waals surface area contributed by atoms with Crippen LogP contribution in [0.5, 0.6) is 0 Å². The van der Waals surface area contributed by atoms with Crippen molar-refractivity contribution in [3.8, 4) is 0 Å². The molecule has 0 atom stereocenters. The molecule has 1 saturated heterocycles. The molecule has 0 unspecified atom stereocenters. The van der Waals surface area contributed by atoms with E-state index in [0.717, 1.165) is 0 Å². The monoisotopic (exact) mass is 290 g/mol. The zero-order valence-corrected chi connectivity index (χ0v) is 12.0. The molecule has 3 heterocycles. The first-order chi connectivity index (χ1) is 10.3. The van der Waals surface area contributed by atoms with Crippen molar-refractivity contribution in [1.82, 2.24) is 14.9 Å². The van der Waals surface area contributed by atoms with E-state index in [1.54, 1.807) is 6.20 Å². The van der Waals surface area contributed by atoms with Gasteiger partial charge in [0.15, 0.2) is 5.58 Å². The Morgan fingerprint density at radius 1 is 1.38 bits per heavy atom. The van der Waals surface area contributed by atoms with E-state index < -0.39 is 0 Å². The average Bonchev–Trinajstić information content (AvgIpc) is 2.96. The van der Waals surface area contributed by atoms with Gasteiger partial charge in [-0.1, -0.05) is 0 Å². The number of carbonyl (C=O) groups excluding carboxylic acids is 1. The molecule has 1 aliphatic rings. The van der Waals surface area contributed by atoms with Gasteiger partial charge in [-0.2, -0.15) is 4.98 Å². The Bertz CT molecular complexity index is 586. The largest absolute Gasteiger partial charge is 0.422 e. The van der Waals surface area contributed by atoms with Gasteiger partial charge in [-0.25, -0.2) is 4.98 Å². The smallest absolute Gasteiger partial charge is 0.300 e. The van der Waals surface area contributed by atoms with Crippen LogP contribution in [-0.4, -0.2) is 60.2 Å². The Morgan fingerprint density at radius 2 is 2.19 bits per heavy atom. The van der Waals surface area contributed by atoms with Crippen LogP contribution in [0.2, 0.25) is 0 Å². The van der Waals surface area contributed by atoms with E-state index in [9.17, 15) is 4.79 Å². The van der Waals surface area contributed by atoms with Crippen molar-refractivity contribution in [3.63, 3.8) is 0 Å². The molecular weight excluding hydrogens is 272 g/mol. The van der Waals surface area contributed by atoms with Crippen LogP contribution in [0.1, 0.15) is 6.92 Å². The van der Waals surface area contributed by atoms with Gasteiger partial charge in [0.2, 0.25) is 11.6 Å². The first-order valence-electron chi connectivity index (χ1n) is 7.10. The van der Waals surface area contributed by atoms with E-state index in [1.807, 2.05) is 28.9 Å². The van der Waals surface area contributed by atoms with Crippen molar-refractivity contribution in [2.75, 3.05) is 44.3 Å². The number of hydrogen-bond acceptors (Lipinski definition) is 6. The van der Waals surface area contributed by atoms with Crippen LogP contribution < -0.4 is 4.90 Å². The number of amides is 1.